The van der Waals surface area contributed by atoms with Crippen LogP contribution in [0, 0.1) is 12.7 Å². The summed E-state index contributed by atoms with van der Waals surface area (Å²) >= 11 is 0. The van der Waals surface area contributed by atoms with Gasteiger partial charge >= 0.3 is 0 Å². The monoisotopic (exact) mass is 315 g/mol. The zero-order chi connectivity index (χ0) is 16.5. The SMILES string of the molecule is C=CCNC(=NCc1ccc(F)c(C)c1)NCCc1ccco1. The quantitative estimate of drug-likeness (QED) is 0.469. The largest absolute Gasteiger partial charge is 0.469 e. The first-order valence-corrected chi connectivity index (χ1v) is 7.59. The molecule has 2 N–H and O–H groups in total. The highest BCUT2D eigenvalue weighted by molar-refractivity contribution is 5.79. The molecule has 0 aliphatic heterocycles. The highest BCUT2D eigenvalue weighted by Gasteiger charge is 2.01. The standard InChI is InChI=1S/C18H22FN3O/c1-3-9-20-18(21-10-8-16-5-4-11-23-16)22-13-15-6-7-17(19)14(2)12-15/h3-7,11-12H,1,8-10,13H2,2H3,(H2,20,21,22). The second-order valence-electron chi connectivity index (χ2n) is 5.17. The van der Waals surface area contributed by atoms with Crippen molar-refractivity contribution in [3.05, 3.63) is 72.0 Å². The van der Waals surface area contributed by atoms with Gasteiger partial charge in [0, 0.05) is 19.5 Å². The van der Waals surface area contributed by atoms with Crippen molar-refractivity contribution in [1.29, 1.82) is 0 Å². The molecule has 0 unspecified atom stereocenters. The van der Waals surface area contributed by atoms with E-state index in [0.717, 1.165) is 17.7 Å². The Morgan fingerprint density at radius 1 is 1.35 bits per heavy atom. The molecule has 0 aliphatic rings. The van der Waals surface area contributed by atoms with Crippen molar-refractivity contribution < 1.29 is 8.81 Å². The van der Waals surface area contributed by atoms with Gasteiger partial charge in [0.1, 0.15) is 11.6 Å². The van der Waals surface area contributed by atoms with Crippen LogP contribution in [0.15, 0.2) is 58.7 Å². The Hall–Kier alpha value is -2.56. The predicted molar refractivity (Wildman–Crippen MR) is 90.9 cm³/mol. The van der Waals surface area contributed by atoms with E-state index in [4.69, 9.17) is 4.42 Å². The molecule has 1 heterocycles. The van der Waals surface area contributed by atoms with Gasteiger partial charge in [-0.2, -0.15) is 0 Å². The number of benzene rings is 1. The molecule has 2 aromatic rings. The van der Waals surface area contributed by atoms with E-state index in [2.05, 4.69) is 22.2 Å². The first-order chi connectivity index (χ1) is 11.2. The molecule has 0 bridgehead atoms. The third kappa shape index (κ3) is 5.62. The van der Waals surface area contributed by atoms with E-state index < -0.39 is 0 Å². The predicted octanol–water partition coefficient (Wildman–Crippen LogP) is 3.19. The number of halogens is 1. The maximum atomic E-state index is 13.3. The van der Waals surface area contributed by atoms with Gasteiger partial charge in [0.15, 0.2) is 5.96 Å². The highest BCUT2D eigenvalue weighted by Crippen LogP contribution is 2.10. The average Bonchev–Trinajstić information content (AvgIpc) is 3.06. The van der Waals surface area contributed by atoms with Crippen LogP contribution in [0.5, 0.6) is 0 Å². The first-order valence-electron chi connectivity index (χ1n) is 7.59. The van der Waals surface area contributed by atoms with Crippen LogP contribution in [0.2, 0.25) is 0 Å². The van der Waals surface area contributed by atoms with E-state index in [0.29, 0.717) is 31.2 Å². The summed E-state index contributed by atoms with van der Waals surface area (Å²) in [6.45, 7) is 7.25. The number of nitrogens with one attached hydrogen (secondary N) is 2. The second-order valence-corrected chi connectivity index (χ2v) is 5.17. The van der Waals surface area contributed by atoms with Crippen LogP contribution in [0.4, 0.5) is 4.39 Å². The zero-order valence-corrected chi connectivity index (χ0v) is 13.3. The molecule has 1 aromatic heterocycles. The number of furan rings is 1. The fourth-order valence-electron chi connectivity index (χ4n) is 2.08. The minimum absolute atomic E-state index is 0.195. The molecule has 23 heavy (non-hydrogen) atoms. The number of aliphatic imine (C=N–C) groups is 1. The van der Waals surface area contributed by atoms with Crippen molar-refractivity contribution in [1.82, 2.24) is 10.6 Å². The molecule has 0 fully saturated rings. The fourth-order valence-corrected chi connectivity index (χ4v) is 2.08. The van der Waals surface area contributed by atoms with Gasteiger partial charge in [0.25, 0.3) is 0 Å². The lowest BCUT2D eigenvalue weighted by Gasteiger charge is -2.11. The van der Waals surface area contributed by atoms with Crippen molar-refractivity contribution >= 4 is 5.96 Å². The van der Waals surface area contributed by atoms with Crippen LogP contribution >= 0.6 is 0 Å². The van der Waals surface area contributed by atoms with Crippen molar-refractivity contribution in [3.63, 3.8) is 0 Å². The molecule has 0 radical (unpaired) electrons. The number of guanidine groups is 1. The van der Waals surface area contributed by atoms with Crippen LogP contribution in [0.25, 0.3) is 0 Å². The Bertz CT molecular complexity index is 650. The van der Waals surface area contributed by atoms with Crippen LogP contribution < -0.4 is 10.6 Å². The van der Waals surface area contributed by atoms with Gasteiger partial charge in [0.2, 0.25) is 0 Å². The Morgan fingerprint density at radius 3 is 2.91 bits per heavy atom. The van der Waals surface area contributed by atoms with E-state index in [9.17, 15) is 4.39 Å². The third-order valence-electron chi connectivity index (χ3n) is 3.30. The van der Waals surface area contributed by atoms with Crippen molar-refractivity contribution in [2.24, 2.45) is 4.99 Å². The van der Waals surface area contributed by atoms with E-state index in [-0.39, 0.29) is 5.82 Å². The topological polar surface area (TPSA) is 49.6 Å². The summed E-state index contributed by atoms with van der Waals surface area (Å²) in [4.78, 5) is 4.51. The van der Waals surface area contributed by atoms with Crippen LogP contribution in [-0.2, 0) is 13.0 Å². The summed E-state index contributed by atoms with van der Waals surface area (Å²) in [5, 5.41) is 6.41. The minimum atomic E-state index is -0.195. The molecular weight excluding hydrogens is 293 g/mol. The zero-order valence-electron chi connectivity index (χ0n) is 13.3. The first kappa shape index (κ1) is 16.8. The van der Waals surface area contributed by atoms with Crippen LogP contribution in [0.1, 0.15) is 16.9 Å². The average molecular weight is 315 g/mol. The van der Waals surface area contributed by atoms with Crippen molar-refractivity contribution in [2.45, 2.75) is 19.9 Å². The Morgan fingerprint density at radius 2 is 2.22 bits per heavy atom. The maximum Gasteiger partial charge on any atom is 0.191 e. The number of hydrogen-bond donors (Lipinski definition) is 2. The summed E-state index contributed by atoms with van der Waals surface area (Å²) in [6, 6.07) is 8.85. The van der Waals surface area contributed by atoms with Gasteiger partial charge in [-0.05, 0) is 36.2 Å². The molecule has 0 saturated heterocycles. The summed E-state index contributed by atoms with van der Waals surface area (Å²) in [6.07, 6.45) is 4.21. The van der Waals surface area contributed by atoms with E-state index in [1.165, 1.54) is 6.07 Å². The molecule has 0 saturated carbocycles. The summed E-state index contributed by atoms with van der Waals surface area (Å²) in [5.41, 5.74) is 1.60. The molecule has 0 spiro atoms. The van der Waals surface area contributed by atoms with E-state index in [1.54, 1.807) is 25.3 Å². The van der Waals surface area contributed by atoms with Crippen LogP contribution in [0.3, 0.4) is 0 Å². The molecule has 4 nitrogen and oxygen atoms in total. The third-order valence-corrected chi connectivity index (χ3v) is 3.30. The molecule has 2 rings (SSSR count). The molecule has 0 amide bonds. The number of rotatable bonds is 7. The summed E-state index contributed by atoms with van der Waals surface area (Å²) in [7, 11) is 0. The molecular formula is C18H22FN3O. The summed E-state index contributed by atoms with van der Waals surface area (Å²) < 4.78 is 18.6. The number of nitrogens with zero attached hydrogens (tertiary/aromatic N) is 1. The van der Waals surface area contributed by atoms with Gasteiger partial charge < -0.3 is 15.1 Å². The summed E-state index contributed by atoms with van der Waals surface area (Å²) in [5.74, 6) is 1.42. The lowest BCUT2D eigenvalue weighted by molar-refractivity contribution is 0.507. The molecule has 1 aromatic carbocycles. The van der Waals surface area contributed by atoms with E-state index >= 15 is 0 Å². The molecule has 122 valence electrons. The molecule has 0 atom stereocenters. The van der Waals surface area contributed by atoms with Gasteiger partial charge in [-0.15, -0.1) is 6.58 Å². The normalized spacial score (nSPS) is 11.3. The van der Waals surface area contributed by atoms with Gasteiger partial charge in [0.05, 0.1) is 12.8 Å². The number of aryl methyl sites for hydroxylation is 1. The van der Waals surface area contributed by atoms with Crippen molar-refractivity contribution in [3.8, 4) is 0 Å². The van der Waals surface area contributed by atoms with Gasteiger partial charge in [-0.3, -0.25) is 0 Å². The Balaban J connectivity index is 1.92. The van der Waals surface area contributed by atoms with E-state index in [1.807, 2.05) is 18.2 Å². The number of hydrogen-bond acceptors (Lipinski definition) is 2. The molecule has 5 heteroatoms. The lowest BCUT2D eigenvalue weighted by atomic mass is 10.1. The van der Waals surface area contributed by atoms with Crippen molar-refractivity contribution in [2.75, 3.05) is 13.1 Å². The van der Waals surface area contributed by atoms with Gasteiger partial charge in [-0.1, -0.05) is 18.2 Å². The Labute approximate surface area is 136 Å². The second kappa shape index (κ2) is 8.78. The lowest BCUT2D eigenvalue weighted by Crippen LogP contribution is -2.38. The fraction of sp³-hybridized carbons (Fsp3) is 0.278. The minimum Gasteiger partial charge on any atom is -0.469 e. The Kier molecular flexibility index (Phi) is 6.41. The van der Waals surface area contributed by atoms with Crippen LogP contribution in [-0.4, -0.2) is 19.0 Å². The highest BCUT2D eigenvalue weighted by atomic mass is 19.1. The molecule has 0 aliphatic carbocycles. The smallest absolute Gasteiger partial charge is 0.191 e. The maximum absolute atomic E-state index is 13.3. The van der Waals surface area contributed by atoms with Gasteiger partial charge in [-0.25, -0.2) is 9.38 Å².